The highest BCUT2D eigenvalue weighted by Gasteiger charge is 2.21. The van der Waals surface area contributed by atoms with Gasteiger partial charge in [0.05, 0.1) is 0 Å². The summed E-state index contributed by atoms with van der Waals surface area (Å²) in [5.74, 6) is -1.37. The van der Waals surface area contributed by atoms with E-state index >= 15 is 0 Å². The molecule has 106 valence electrons. The number of benzene rings is 1. The number of halogens is 3. The Hall–Kier alpha value is -1.16. The number of carbonyl (C=O) groups excluding carboxylic acids is 1. The maximum Gasteiger partial charge on any atom is 0.240 e. The van der Waals surface area contributed by atoms with Crippen molar-refractivity contribution >= 4 is 17.5 Å². The van der Waals surface area contributed by atoms with E-state index in [9.17, 15) is 13.6 Å². The van der Waals surface area contributed by atoms with Gasteiger partial charge < -0.3 is 4.90 Å². The fourth-order valence-corrected chi connectivity index (χ4v) is 1.94. The van der Waals surface area contributed by atoms with E-state index in [1.54, 1.807) is 11.8 Å². The molecule has 0 aliphatic rings. The average molecular weight is 290 g/mol. The summed E-state index contributed by atoms with van der Waals surface area (Å²) in [4.78, 5) is 13.5. The molecule has 5 heteroatoms. The summed E-state index contributed by atoms with van der Waals surface area (Å²) < 4.78 is 26.3. The highest BCUT2D eigenvalue weighted by Crippen LogP contribution is 2.13. The van der Waals surface area contributed by atoms with Crippen LogP contribution in [0.1, 0.15) is 26.3 Å². The number of hydrogen-bond acceptors (Lipinski definition) is 1. The molecular weight excluding hydrogens is 272 g/mol. The van der Waals surface area contributed by atoms with Gasteiger partial charge in [-0.3, -0.25) is 4.79 Å². The van der Waals surface area contributed by atoms with Gasteiger partial charge in [-0.2, -0.15) is 0 Å². The molecule has 19 heavy (non-hydrogen) atoms. The molecular formula is C14H18ClF2NO. The fourth-order valence-electron chi connectivity index (χ4n) is 1.82. The molecule has 0 spiro atoms. The Morgan fingerprint density at radius 1 is 1.32 bits per heavy atom. The molecule has 1 rings (SSSR count). The zero-order chi connectivity index (χ0) is 14.6. The number of alkyl halides is 1. The molecule has 0 heterocycles. The third-order valence-electron chi connectivity index (χ3n) is 2.88. The van der Waals surface area contributed by atoms with Crippen molar-refractivity contribution in [3.05, 3.63) is 35.4 Å². The molecule has 0 saturated carbocycles. The van der Waals surface area contributed by atoms with Gasteiger partial charge in [0.25, 0.3) is 0 Å². The minimum absolute atomic E-state index is 0.0165. The van der Waals surface area contributed by atoms with E-state index in [0.29, 0.717) is 18.5 Å². The van der Waals surface area contributed by atoms with Crippen LogP contribution in [-0.4, -0.2) is 28.8 Å². The molecule has 0 radical (unpaired) electrons. The monoisotopic (exact) mass is 289 g/mol. The standard InChI is InChI=1S/C14H18ClF2NO/c1-9(2)18(14(19)10(3)15)7-6-11-4-5-12(16)8-13(11)17/h4-5,8-10H,6-7H2,1-3H3. The van der Waals surface area contributed by atoms with Gasteiger partial charge in [-0.05, 0) is 38.8 Å². The highest BCUT2D eigenvalue weighted by molar-refractivity contribution is 6.30. The molecule has 0 saturated heterocycles. The summed E-state index contributed by atoms with van der Waals surface area (Å²) in [7, 11) is 0. The van der Waals surface area contributed by atoms with Crippen LogP contribution in [0.3, 0.4) is 0 Å². The van der Waals surface area contributed by atoms with Gasteiger partial charge in [0, 0.05) is 18.7 Å². The van der Waals surface area contributed by atoms with Gasteiger partial charge >= 0.3 is 0 Å². The average Bonchev–Trinajstić information content (AvgIpc) is 2.31. The van der Waals surface area contributed by atoms with Crippen molar-refractivity contribution in [3.8, 4) is 0 Å². The first-order valence-electron chi connectivity index (χ1n) is 6.21. The second-order valence-corrected chi connectivity index (χ2v) is 5.38. The minimum Gasteiger partial charge on any atom is -0.339 e. The van der Waals surface area contributed by atoms with E-state index in [4.69, 9.17) is 11.6 Å². The van der Waals surface area contributed by atoms with Crippen LogP contribution in [0.15, 0.2) is 18.2 Å². The molecule has 1 amide bonds. The van der Waals surface area contributed by atoms with E-state index < -0.39 is 17.0 Å². The van der Waals surface area contributed by atoms with Crippen LogP contribution >= 0.6 is 11.6 Å². The van der Waals surface area contributed by atoms with Crippen LogP contribution in [-0.2, 0) is 11.2 Å². The zero-order valence-electron chi connectivity index (χ0n) is 11.3. The summed E-state index contributed by atoms with van der Waals surface area (Å²) >= 11 is 5.79. The lowest BCUT2D eigenvalue weighted by molar-refractivity contribution is -0.132. The van der Waals surface area contributed by atoms with Crippen LogP contribution in [0.2, 0.25) is 0 Å². The number of carbonyl (C=O) groups is 1. The maximum atomic E-state index is 13.5. The minimum atomic E-state index is -0.611. The molecule has 0 aliphatic heterocycles. The summed E-state index contributed by atoms with van der Waals surface area (Å²) in [6, 6.07) is 3.44. The topological polar surface area (TPSA) is 20.3 Å². The number of hydrogen-bond donors (Lipinski definition) is 0. The highest BCUT2D eigenvalue weighted by atomic mass is 35.5. The molecule has 0 aliphatic carbocycles. The molecule has 0 fully saturated rings. The second-order valence-electron chi connectivity index (χ2n) is 4.73. The Labute approximate surface area is 117 Å². The van der Waals surface area contributed by atoms with Crippen LogP contribution in [0.5, 0.6) is 0 Å². The smallest absolute Gasteiger partial charge is 0.240 e. The molecule has 0 bridgehead atoms. The number of nitrogens with zero attached hydrogens (tertiary/aromatic N) is 1. The molecule has 2 nitrogen and oxygen atoms in total. The van der Waals surface area contributed by atoms with Crippen LogP contribution in [0.4, 0.5) is 8.78 Å². The van der Waals surface area contributed by atoms with Gasteiger partial charge in [-0.25, -0.2) is 8.78 Å². The predicted octanol–water partition coefficient (Wildman–Crippen LogP) is 3.37. The molecule has 1 unspecified atom stereocenters. The summed E-state index contributed by atoms with van der Waals surface area (Å²) in [5, 5.41) is -0.611. The first-order chi connectivity index (χ1) is 8.82. The quantitative estimate of drug-likeness (QED) is 0.761. The van der Waals surface area contributed by atoms with E-state index in [0.717, 1.165) is 6.07 Å². The van der Waals surface area contributed by atoms with Crippen molar-refractivity contribution in [2.45, 2.75) is 38.6 Å². The lowest BCUT2D eigenvalue weighted by Gasteiger charge is -2.28. The SMILES string of the molecule is CC(Cl)C(=O)N(CCc1ccc(F)cc1F)C(C)C. The Balaban J connectivity index is 2.74. The first kappa shape index (κ1) is 15.9. The van der Waals surface area contributed by atoms with Gasteiger partial charge in [0.1, 0.15) is 17.0 Å². The van der Waals surface area contributed by atoms with Crippen molar-refractivity contribution in [1.29, 1.82) is 0 Å². The van der Waals surface area contributed by atoms with Crippen LogP contribution in [0, 0.1) is 11.6 Å². The van der Waals surface area contributed by atoms with Gasteiger partial charge in [-0.1, -0.05) is 6.07 Å². The number of amides is 1. The van der Waals surface area contributed by atoms with Crippen LogP contribution < -0.4 is 0 Å². The maximum absolute atomic E-state index is 13.5. The Kier molecular flexibility index (Phi) is 5.73. The molecule has 1 aromatic rings. The first-order valence-corrected chi connectivity index (χ1v) is 6.65. The van der Waals surface area contributed by atoms with Crippen molar-refractivity contribution in [2.24, 2.45) is 0 Å². The molecule has 0 N–H and O–H groups in total. The van der Waals surface area contributed by atoms with E-state index in [-0.39, 0.29) is 11.9 Å². The Bertz CT molecular complexity index is 449. The van der Waals surface area contributed by atoms with Crippen molar-refractivity contribution < 1.29 is 13.6 Å². The second kappa shape index (κ2) is 6.85. The van der Waals surface area contributed by atoms with Crippen molar-refractivity contribution in [1.82, 2.24) is 4.90 Å². The fraction of sp³-hybridized carbons (Fsp3) is 0.500. The normalized spacial score (nSPS) is 12.6. The van der Waals surface area contributed by atoms with Gasteiger partial charge in [0.2, 0.25) is 5.91 Å². The zero-order valence-corrected chi connectivity index (χ0v) is 12.0. The van der Waals surface area contributed by atoms with Crippen molar-refractivity contribution in [2.75, 3.05) is 6.54 Å². The summed E-state index contributed by atoms with van der Waals surface area (Å²) in [6.07, 6.45) is 0.333. The third-order valence-corrected chi connectivity index (χ3v) is 3.07. The lowest BCUT2D eigenvalue weighted by atomic mass is 10.1. The van der Waals surface area contributed by atoms with E-state index in [2.05, 4.69) is 0 Å². The predicted molar refractivity (Wildman–Crippen MR) is 72.2 cm³/mol. The molecule has 1 aromatic carbocycles. The largest absolute Gasteiger partial charge is 0.339 e. The van der Waals surface area contributed by atoms with E-state index in [1.807, 2.05) is 13.8 Å². The van der Waals surface area contributed by atoms with E-state index in [1.165, 1.54) is 12.1 Å². The van der Waals surface area contributed by atoms with Gasteiger partial charge in [-0.15, -0.1) is 11.6 Å². The lowest BCUT2D eigenvalue weighted by Crippen LogP contribution is -2.42. The molecule has 0 aromatic heterocycles. The Morgan fingerprint density at radius 3 is 2.42 bits per heavy atom. The Morgan fingerprint density at radius 2 is 1.95 bits per heavy atom. The molecule has 1 atom stereocenters. The summed E-state index contributed by atoms with van der Waals surface area (Å²) in [6.45, 7) is 5.71. The van der Waals surface area contributed by atoms with Crippen molar-refractivity contribution in [3.63, 3.8) is 0 Å². The van der Waals surface area contributed by atoms with Crippen LogP contribution in [0.25, 0.3) is 0 Å². The van der Waals surface area contributed by atoms with Gasteiger partial charge in [0.15, 0.2) is 0 Å². The summed E-state index contributed by atoms with van der Waals surface area (Å²) in [5.41, 5.74) is 0.391. The third kappa shape index (κ3) is 4.46. The number of rotatable bonds is 5.